The number of hydrogen-bond donors (Lipinski definition) is 1. The Balaban J connectivity index is 2.15. The van der Waals surface area contributed by atoms with E-state index in [4.69, 9.17) is 4.74 Å². The van der Waals surface area contributed by atoms with E-state index < -0.39 is 0 Å². The van der Waals surface area contributed by atoms with Crippen molar-refractivity contribution < 1.29 is 9.53 Å². The normalized spacial score (nSPS) is 10.8. The number of nitrogens with zero attached hydrogens (tertiary/aromatic N) is 3. The van der Waals surface area contributed by atoms with Crippen molar-refractivity contribution in [2.24, 2.45) is 0 Å². The maximum atomic E-state index is 12.9. The van der Waals surface area contributed by atoms with Gasteiger partial charge in [-0.3, -0.25) is 4.79 Å². The molecule has 1 aromatic heterocycles. The van der Waals surface area contributed by atoms with Crippen LogP contribution in [0.4, 0.5) is 0 Å². The van der Waals surface area contributed by atoms with E-state index >= 15 is 0 Å². The summed E-state index contributed by atoms with van der Waals surface area (Å²) in [5.74, 6) is 0.704. The molecule has 0 atom stereocenters. The molecule has 1 amide bonds. The Kier molecular flexibility index (Phi) is 6.17. The molecule has 23 heavy (non-hydrogen) atoms. The fourth-order valence-electron chi connectivity index (χ4n) is 2.22. The number of H-pyrrole nitrogens is 1. The highest BCUT2D eigenvalue weighted by molar-refractivity contribution is 5.94. The smallest absolute Gasteiger partial charge is 0.254 e. The van der Waals surface area contributed by atoms with Gasteiger partial charge in [0.25, 0.3) is 5.91 Å². The molecule has 0 aliphatic carbocycles. The van der Waals surface area contributed by atoms with Crippen LogP contribution < -0.4 is 4.74 Å². The van der Waals surface area contributed by atoms with Crippen LogP contribution in [-0.4, -0.2) is 59.5 Å². The Morgan fingerprint density at radius 3 is 2.78 bits per heavy atom. The molecule has 1 heterocycles. The lowest BCUT2D eigenvalue weighted by Gasteiger charge is -2.24. The van der Waals surface area contributed by atoms with Crippen LogP contribution in [0.1, 0.15) is 23.0 Å². The van der Waals surface area contributed by atoms with Crippen molar-refractivity contribution in [2.45, 2.75) is 13.5 Å². The third-order valence-electron chi connectivity index (χ3n) is 3.41. The van der Waals surface area contributed by atoms with Crippen LogP contribution in [0.3, 0.4) is 0 Å². The molecule has 2 rings (SSSR count). The van der Waals surface area contributed by atoms with Crippen LogP contribution in [0.15, 0.2) is 36.8 Å². The highest BCUT2D eigenvalue weighted by Crippen LogP contribution is 2.16. The molecule has 124 valence electrons. The SMILES string of the molecule is CCOc1cccc(C(=O)N(CCN(C)C)Cc2cnc[nH]2)c1. The number of rotatable bonds is 8. The van der Waals surface area contributed by atoms with Gasteiger partial charge in [-0.1, -0.05) is 6.07 Å². The summed E-state index contributed by atoms with van der Waals surface area (Å²) in [6.45, 7) is 4.45. The van der Waals surface area contributed by atoms with Crippen molar-refractivity contribution in [3.8, 4) is 5.75 Å². The van der Waals surface area contributed by atoms with Gasteiger partial charge in [-0.15, -0.1) is 0 Å². The molecule has 0 radical (unpaired) electrons. The molecule has 0 spiro atoms. The molecule has 1 aromatic carbocycles. The number of carbonyl (C=O) groups is 1. The number of amides is 1. The van der Waals surface area contributed by atoms with E-state index in [9.17, 15) is 4.79 Å². The predicted molar refractivity (Wildman–Crippen MR) is 89.5 cm³/mol. The lowest BCUT2D eigenvalue weighted by molar-refractivity contribution is 0.0729. The third kappa shape index (κ3) is 5.10. The first-order valence-corrected chi connectivity index (χ1v) is 7.74. The number of aromatic nitrogens is 2. The molecule has 0 saturated carbocycles. The summed E-state index contributed by atoms with van der Waals surface area (Å²) in [7, 11) is 3.99. The number of benzene rings is 1. The minimum absolute atomic E-state index is 0.0111. The van der Waals surface area contributed by atoms with Crippen LogP contribution in [-0.2, 0) is 6.54 Å². The molecule has 0 saturated heterocycles. The monoisotopic (exact) mass is 316 g/mol. The maximum absolute atomic E-state index is 12.9. The quantitative estimate of drug-likeness (QED) is 0.809. The average Bonchev–Trinajstić information content (AvgIpc) is 3.04. The Bertz CT molecular complexity index is 611. The standard InChI is InChI=1S/C17H24N4O2/c1-4-23-16-7-5-6-14(10-16)17(22)21(9-8-20(2)3)12-15-11-18-13-19-15/h5-7,10-11,13H,4,8-9,12H2,1-3H3,(H,18,19). The number of nitrogens with one attached hydrogen (secondary N) is 1. The minimum atomic E-state index is -0.0111. The van der Waals surface area contributed by atoms with Crippen LogP contribution >= 0.6 is 0 Å². The second-order valence-electron chi connectivity index (χ2n) is 5.57. The van der Waals surface area contributed by atoms with Crippen LogP contribution in [0.2, 0.25) is 0 Å². The largest absolute Gasteiger partial charge is 0.494 e. The molecule has 0 aliphatic rings. The molecule has 0 aliphatic heterocycles. The molecule has 0 bridgehead atoms. The summed E-state index contributed by atoms with van der Waals surface area (Å²) in [6.07, 6.45) is 3.37. The maximum Gasteiger partial charge on any atom is 0.254 e. The summed E-state index contributed by atoms with van der Waals surface area (Å²) in [6, 6.07) is 7.32. The van der Waals surface area contributed by atoms with E-state index in [0.29, 0.717) is 31.0 Å². The average molecular weight is 316 g/mol. The van der Waals surface area contributed by atoms with Crippen molar-refractivity contribution in [1.82, 2.24) is 19.8 Å². The fourth-order valence-corrected chi connectivity index (χ4v) is 2.22. The number of hydrogen-bond acceptors (Lipinski definition) is 4. The van der Waals surface area contributed by atoms with Crippen molar-refractivity contribution in [2.75, 3.05) is 33.8 Å². The number of carbonyl (C=O) groups excluding carboxylic acids is 1. The van der Waals surface area contributed by atoms with Gasteiger partial charge in [-0.05, 0) is 39.2 Å². The van der Waals surface area contributed by atoms with Gasteiger partial charge in [-0.2, -0.15) is 0 Å². The van der Waals surface area contributed by atoms with Crippen LogP contribution in [0.25, 0.3) is 0 Å². The minimum Gasteiger partial charge on any atom is -0.494 e. The predicted octanol–water partition coefficient (Wildman–Crippen LogP) is 2.01. The molecule has 1 N–H and O–H groups in total. The van der Waals surface area contributed by atoms with E-state index in [1.807, 2.05) is 44.1 Å². The highest BCUT2D eigenvalue weighted by Gasteiger charge is 2.17. The second kappa shape index (κ2) is 8.33. The van der Waals surface area contributed by atoms with Gasteiger partial charge in [0.1, 0.15) is 5.75 Å². The van der Waals surface area contributed by atoms with Gasteiger partial charge in [0, 0.05) is 24.8 Å². The molecular weight excluding hydrogens is 292 g/mol. The Morgan fingerprint density at radius 1 is 1.30 bits per heavy atom. The van der Waals surface area contributed by atoms with Crippen molar-refractivity contribution in [1.29, 1.82) is 0 Å². The Hall–Kier alpha value is -2.34. The lowest BCUT2D eigenvalue weighted by Crippen LogP contribution is -2.36. The number of imidazole rings is 1. The van der Waals surface area contributed by atoms with E-state index in [2.05, 4.69) is 14.9 Å². The zero-order valence-electron chi connectivity index (χ0n) is 14.0. The van der Waals surface area contributed by atoms with Gasteiger partial charge in [-0.25, -0.2) is 4.98 Å². The van der Waals surface area contributed by atoms with Gasteiger partial charge < -0.3 is 19.5 Å². The van der Waals surface area contributed by atoms with E-state index in [0.717, 1.165) is 12.2 Å². The van der Waals surface area contributed by atoms with Gasteiger partial charge in [0.15, 0.2) is 0 Å². The van der Waals surface area contributed by atoms with Crippen molar-refractivity contribution >= 4 is 5.91 Å². The lowest BCUT2D eigenvalue weighted by atomic mass is 10.2. The van der Waals surface area contributed by atoms with Crippen LogP contribution in [0.5, 0.6) is 5.75 Å². The first-order chi connectivity index (χ1) is 11.1. The summed E-state index contributed by atoms with van der Waals surface area (Å²) in [5, 5.41) is 0. The molecule has 0 fully saturated rings. The molecule has 6 nitrogen and oxygen atoms in total. The Labute approximate surface area is 137 Å². The highest BCUT2D eigenvalue weighted by atomic mass is 16.5. The fraction of sp³-hybridized carbons (Fsp3) is 0.412. The van der Waals surface area contributed by atoms with Gasteiger partial charge >= 0.3 is 0 Å². The van der Waals surface area contributed by atoms with E-state index in [1.54, 1.807) is 18.6 Å². The number of aromatic amines is 1. The van der Waals surface area contributed by atoms with Crippen molar-refractivity contribution in [3.05, 3.63) is 48.0 Å². The first kappa shape index (κ1) is 17.0. The van der Waals surface area contributed by atoms with Crippen molar-refractivity contribution in [3.63, 3.8) is 0 Å². The van der Waals surface area contributed by atoms with Crippen LogP contribution in [0, 0.1) is 0 Å². The molecule has 2 aromatic rings. The molecular formula is C17H24N4O2. The van der Waals surface area contributed by atoms with Gasteiger partial charge in [0.2, 0.25) is 0 Å². The summed E-state index contributed by atoms with van der Waals surface area (Å²) >= 11 is 0. The first-order valence-electron chi connectivity index (χ1n) is 7.74. The summed E-state index contributed by atoms with van der Waals surface area (Å²) < 4.78 is 5.49. The zero-order chi connectivity index (χ0) is 16.7. The number of likely N-dealkylation sites (N-methyl/N-ethyl adjacent to an activating group) is 1. The topological polar surface area (TPSA) is 61.5 Å². The summed E-state index contributed by atoms with van der Waals surface area (Å²) in [4.78, 5) is 23.8. The number of ether oxygens (including phenoxy) is 1. The van der Waals surface area contributed by atoms with E-state index in [1.165, 1.54) is 0 Å². The van der Waals surface area contributed by atoms with E-state index in [-0.39, 0.29) is 5.91 Å². The second-order valence-corrected chi connectivity index (χ2v) is 5.57. The third-order valence-corrected chi connectivity index (χ3v) is 3.41. The molecule has 6 heteroatoms. The summed E-state index contributed by atoms with van der Waals surface area (Å²) in [5.41, 5.74) is 1.55. The Morgan fingerprint density at radius 2 is 2.13 bits per heavy atom. The van der Waals surface area contributed by atoms with Gasteiger partial charge in [0.05, 0.1) is 25.2 Å². The zero-order valence-corrected chi connectivity index (χ0v) is 14.0. The molecule has 0 unspecified atom stereocenters.